The van der Waals surface area contributed by atoms with Crippen molar-refractivity contribution >= 4 is 5.91 Å². The van der Waals surface area contributed by atoms with Crippen LogP contribution in [0.4, 0.5) is 0 Å². The Morgan fingerprint density at radius 3 is 2.67 bits per heavy atom. The second kappa shape index (κ2) is 7.84. The van der Waals surface area contributed by atoms with Crippen LogP contribution in [-0.4, -0.2) is 44.2 Å². The van der Waals surface area contributed by atoms with Crippen molar-refractivity contribution in [1.82, 2.24) is 4.90 Å². The van der Waals surface area contributed by atoms with Crippen molar-refractivity contribution in [2.45, 2.75) is 38.2 Å². The number of carbonyl (C=O) groups is 1. The Bertz CT molecular complexity index is 593. The third-order valence-electron chi connectivity index (χ3n) is 5.23. The zero-order valence-electron chi connectivity index (χ0n) is 14.7. The minimum Gasteiger partial charge on any atom is -0.497 e. The van der Waals surface area contributed by atoms with Crippen LogP contribution >= 0.6 is 0 Å². The third kappa shape index (κ3) is 3.81. The Morgan fingerprint density at radius 1 is 1.25 bits per heavy atom. The van der Waals surface area contributed by atoms with Crippen molar-refractivity contribution in [3.63, 3.8) is 0 Å². The standard InChI is InChI=1S/C20H27NO3/c1-23-18-9-7-15(8-10-18)13-17-14-21(12-11-19(17)24-2)20(22)16-5-3-4-6-16/h5,7-10,17,19H,3-4,6,11-14H2,1-2H3/t17-,19-/m0/s1. The lowest BCUT2D eigenvalue weighted by molar-refractivity contribution is -0.131. The molecule has 1 heterocycles. The number of hydrogen-bond acceptors (Lipinski definition) is 3. The Kier molecular flexibility index (Phi) is 5.56. The lowest BCUT2D eigenvalue weighted by Gasteiger charge is -2.38. The van der Waals surface area contributed by atoms with E-state index in [-0.39, 0.29) is 12.0 Å². The molecule has 0 spiro atoms. The van der Waals surface area contributed by atoms with Gasteiger partial charge in [-0.2, -0.15) is 0 Å². The van der Waals surface area contributed by atoms with Crippen molar-refractivity contribution in [3.8, 4) is 5.75 Å². The normalized spacial score (nSPS) is 23.9. The largest absolute Gasteiger partial charge is 0.497 e. The van der Waals surface area contributed by atoms with Gasteiger partial charge in [0.15, 0.2) is 0 Å². The van der Waals surface area contributed by atoms with Crippen LogP contribution in [0.3, 0.4) is 0 Å². The van der Waals surface area contributed by atoms with E-state index in [4.69, 9.17) is 9.47 Å². The van der Waals surface area contributed by atoms with Crippen LogP contribution in [0.5, 0.6) is 5.75 Å². The van der Waals surface area contributed by atoms with Gasteiger partial charge in [-0.25, -0.2) is 0 Å². The number of methoxy groups -OCH3 is 2. The van der Waals surface area contributed by atoms with Crippen molar-refractivity contribution < 1.29 is 14.3 Å². The lowest BCUT2D eigenvalue weighted by atomic mass is 9.88. The first-order valence-corrected chi connectivity index (χ1v) is 8.85. The van der Waals surface area contributed by atoms with E-state index >= 15 is 0 Å². The summed E-state index contributed by atoms with van der Waals surface area (Å²) in [5.74, 6) is 1.44. The molecule has 1 aliphatic carbocycles. The fourth-order valence-electron chi connectivity index (χ4n) is 3.83. The Balaban J connectivity index is 1.67. The van der Waals surface area contributed by atoms with Gasteiger partial charge in [-0.3, -0.25) is 4.79 Å². The number of allylic oxidation sites excluding steroid dienone is 1. The van der Waals surface area contributed by atoms with Gasteiger partial charge in [-0.05, 0) is 49.8 Å². The zero-order valence-corrected chi connectivity index (χ0v) is 14.7. The molecule has 1 aromatic carbocycles. The average molecular weight is 329 g/mol. The maximum absolute atomic E-state index is 12.7. The minimum absolute atomic E-state index is 0.216. The number of likely N-dealkylation sites (tertiary alicyclic amines) is 1. The van der Waals surface area contributed by atoms with E-state index < -0.39 is 0 Å². The number of carbonyl (C=O) groups excluding carboxylic acids is 1. The van der Waals surface area contributed by atoms with E-state index in [1.807, 2.05) is 17.0 Å². The molecule has 0 aromatic heterocycles. The second-order valence-corrected chi connectivity index (χ2v) is 6.75. The molecule has 0 bridgehead atoms. The minimum atomic E-state index is 0.216. The van der Waals surface area contributed by atoms with Gasteiger partial charge in [0.25, 0.3) is 0 Å². The number of hydrogen-bond donors (Lipinski definition) is 0. The maximum atomic E-state index is 12.7. The summed E-state index contributed by atoms with van der Waals surface area (Å²) in [5.41, 5.74) is 2.27. The Labute approximate surface area is 144 Å². The molecular weight excluding hydrogens is 302 g/mol. The van der Waals surface area contributed by atoms with Gasteiger partial charge in [0, 0.05) is 31.7 Å². The summed E-state index contributed by atoms with van der Waals surface area (Å²) in [7, 11) is 3.46. The quantitative estimate of drug-likeness (QED) is 0.832. The molecule has 0 N–H and O–H groups in total. The smallest absolute Gasteiger partial charge is 0.249 e. The first-order chi connectivity index (χ1) is 11.7. The summed E-state index contributed by atoms with van der Waals surface area (Å²) in [5, 5.41) is 0. The molecule has 1 amide bonds. The Hall–Kier alpha value is -1.81. The molecule has 1 aliphatic heterocycles. The topological polar surface area (TPSA) is 38.8 Å². The summed E-state index contributed by atoms with van der Waals surface area (Å²) < 4.78 is 10.9. The monoisotopic (exact) mass is 329 g/mol. The van der Waals surface area contributed by atoms with Crippen LogP contribution < -0.4 is 4.74 Å². The highest BCUT2D eigenvalue weighted by Gasteiger charge is 2.32. The first-order valence-electron chi connectivity index (χ1n) is 8.85. The number of ether oxygens (including phenoxy) is 2. The fraction of sp³-hybridized carbons (Fsp3) is 0.550. The molecule has 1 saturated heterocycles. The SMILES string of the molecule is COc1ccc(C[C@H]2CN(C(=O)C3=CCCC3)CC[C@@H]2OC)cc1. The summed E-state index contributed by atoms with van der Waals surface area (Å²) in [4.78, 5) is 14.7. The van der Waals surface area contributed by atoms with Crippen molar-refractivity contribution in [3.05, 3.63) is 41.5 Å². The zero-order chi connectivity index (χ0) is 16.9. The van der Waals surface area contributed by atoms with E-state index in [0.717, 1.165) is 56.5 Å². The van der Waals surface area contributed by atoms with Gasteiger partial charge < -0.3 is 14.4 Å². The van der Waals surface area contributed by atoms with Crippen LogP contribution in [-0.2, 0) is 16.0 Å². The number of amides is 1. The summed E-state index contributed by atoms with van der Waals surface area (Å²) in [6.07, 6.45) is 7.26. The molecule has 4 heteroatoms. The molecule has 0 unspecified atom stereocenters. The predicted octanol–water partition coefficient (Wildman–Crippen LogP) is 3.21. The number of rotatable bonds is 5. The van der Waals surface area contributed by atoms with Crippen LogP contribution in [0.25, 0.3) is 0 Å². The molecule has 24 heavy (non-hydrogen) atoms. The highest BCUT2D eigenvalue weighted by atomic mass is 16.5. The number of benzene rings is 1. The van der Waals surface area contributed by atoms with E-state index in [9.17, 15) is 4.79 Å². The molecule has 3 rings (SSSR count). The molecule has 0 radical (unpaired) electrons. The van der Waals surface area contributed by atoms with Crippen molar-refractivity contribution in [2.24, 2.45) is 5.92 Å². The Morgan fingerprint density at radius 2 is 2.04 bits per heavy atom. The molecule has 1 aromatic rings. The van der Waals surface area contributed by atoms with Crippen LogP contribution in [0.2, 0.25) is 0 Å². The van der Waals surface area contributed by atoms with Gasteiger partial charge in [-0.15, -0.1) is 0 Å². The number of piperidine rings is 1. The second-order valence-electron chi connectivity index (χ2n) is 6.75. The highest BCUT2D eigenvalue weighted by molar-refractivity contribution is 5.93. The molecule has 2 atom stereocenters. The van der Waals surface area contributed by atoms with Gasteiger partial charge in [0.1, 0.15) is 5.75 Å². The van der Waals surface area contributed by atoms with Crippen molar-refractivity contribution in [1.29, 1.82) is 0 Å². The highest BCUT2D eigenvalue weighted by Crippen LogP contribution is 2.27. The molecular formula is C20H27NO3. The summed E-state index contributed by atoms with van der Waals surface area (Å²) in [6, 6.07) is 8.19. The van der Waals surface area contributed by atoms with Gasteiger partial charge in [0.05, 0.1) is 13.2 Å². The molecule has 1 fully saturated rings. The van der Waals surface area contributed by atoms with Gasteiger partial charge in [0.2, 0.25) is 5.91 Å². The van der Waals surface area contributed by atoms with Gasteiger partial charge >= 0.3 is 0 Å². The third-order valence-corrected chi connectivity index (χ3v) is 5.23. The van der Waals surface area contributed by atoms with E-state index in [1.54, 1.807) is 14.2 Å². The number of nitrogens with zero attached hydrogens (tertiary/aromatic N) is 1. The van der Waals surface area contributed by atoms with E-state index in [0.29, 0.717) is 5.92 Å². The predicted molar refractivity (Wildman–Crippen MR) is 94.1 cm³/mol. The van der Waals surface area contributed by atoms with Crippen molar-refractivity contribution in [2.75, 3.05) is 27.3 Å². The molecule has 130 valence electrons. The fourth-order valence-corrected chi connectivity index (χ4v) is 3.83. The maximum Gasteiger partial charge on any atom is 0.249 e. The van der Waals surface area contributed by atoms with Crippen LogP contribution in [0.1, 0.15) is 31.2 Å². The lowest BCUT2D eigenvalue weighted by Crippen LogP contribution is -2.47. The average Bonchev–Trinajstić information content (AvgIpc) is 3.16. The summed E-state index contributed by atoms with van der Waals surface area (Å²) >= 11 is 0. The molecule has 2 aliphatic rings. The first kappa shape index (κ1) is 17.0. The van der Waals surface area contributed by atoms with Crippen LogP contribution in [0, 0.1) is 5.92 Å². The van der Waals surface area contributed by atoms with Crippen LogP contribution in [0.15, 0.2) is 35.9 Å². The van der Waals surface area contributed by atoms with E-state index in [2.05, 4.69) is 18.2 Å². The molecule has 0 saturated carbocycles. The van der Waals surface area contributed by atoms with Gasteiger partial charge in [-0.1, -0.05) is 18.2 Å². The molecule has 4 nitrogen and oxygen atoms in total. The summed E-state index contributed by atoms with van der Waals surface area (Å²) in [6.45, 7) is 1.58. The van der Waals surface area contributed by atoms with E-state index in [1.165, 1.54) is 5.56 Å².